The number of anilines is 1. The summed E-state index contributed by atoms with van der Waals surface area (Å²) < 4.78 is 8.11. The number of rotatable bonds is 5. The lowest BCUT2D eigenvalue weighted by atomic mass is 10.2. The van der Waals surface area contributed by atoms with Crippen LogP contribution in [0.1, 0.15) is 5.56 Å². The zero-order chi connectivity index (χ0) is 13.0. The van der Waals surface area contributed by atoms with Gasteiger partial charge in [0, 0.05) is 30.5 Å². The molecule has 0 bridgehead atoms. The highest BCUT2D eigenvalue weighted by Gasteiger charge is 2.07. The number of ether oxygens (including phenoxy) is 1. The fourth-order valence-electron chi connectivity index (χ4n) is 1.74. The topological polar surface area (TPSA) is 39.1 Å². The van der Waals surface area contributed by atoms with E-state index in [2.05, 4.69) is 45.3 Å². The second kappa shape index (κ2) is 6.02. The second-order valence-electron chi connectivity index (χ2n) is 3.97. The number of benzene rings is 1. The highest BCUT2D eigenvalue weighted by Crippen LogP contribution is 2.22. The molecule has 1 heterocycles. The highest BCUT2D eigenvalue weighted by atomic mass is 79.9. The number of methoxy groups -OCH3 is 1. The Morgan fingerprint density at radius 2 is 2.28 bits per heavy atom. The van der Waals surface area contributed by atoms with Gasteiger partial charge in [-0.1, -0.05) is 22.0 Å². The van der Waals surface area contributed by atoms with Gasteiger partial charge in [-0.2, -0.15) is 0 Å². The van der Waals surface area contributed by atoms with E-state index in [-0.39, 0.29) is 0 Å². The Morgan fingerprint density at radius 1 is 1.44 bits per heavy atom. The lowest BCUT2D eigenvalue weighted by Gasteiger charge is -2.12. The van der Waals surface area contributed by atoms with Gasteiger partial charge in [0.15, 0.2) is 0 Å². The first-order chi connectivity index (χ1) is 8.72. The van der Waals surface area contributed by atoms with E-state index in [1.54, 1.807) is 13.3 Å². The molecule has 0 saturated heterocycles. The quantitative estimate of drug-likeness (QED) is 0.863. The minimum atomic E-state index is 0.657. The molecule has 5 heteroatoms. The molecule has 2 aromatic rings. The lowest BCUT2D eigenvalue weighted by Crippen LogP contribution is -2.12. The maximum absolute atomic E-state index is 5.02. The number of hydrogen-bond acceptors (Lipinski definition) is 3. The molecule has 0 amide bonds. The molecule has 18 heavy (non-hydrogen) atoms. The molecular weight excluding hydrogens is 294 g/mol. The van der Waals surface area contributed by atoms with Gasteiger partial charge in [-0.15, -0.1) is 0 Å². The van der Waals surface area contributed by atoms with Gasteiger partial charge in [0.05, 0.1) is 12.3 Å². The van der Waals surface area contributed by atoms with Crippen LogP contribution >= 0.6 is 15.9 Å². The fourth-order valence-corrected chi connectivity index (χ4v) is 2.08. The van der Waals surface area contributed by atoms with Crippen molar-refractivity contribution in [1.29, 1.82) is 0 Å². The third-order valence-corrected chi connectivity index (χ3v) is 3.15. The Morgan fingerprint density at radius 3 is 3.06 bits per heavy atom. The van der Waals surface area contributed by atoms with Gasteiger partial charge < -0.3 is 10.1 Å². The largest absolute Gasteiger partial charge is 0.383 e. The second-order valence-corrected chi connectivity index (χ2v) is 4.89. The van der Waals surface area contributed by atoms with Gasteiger partial charge in [-0.25, -0.2) is 4.98 Å². The zero-order valence-corrected chi connectivity index (χ0v) is 12.1. The number of nitrogens with one attached hydrogen (secondary N) is 1. The summed E-state index contributed by atoms with van der Waals surface area (Å²) in [6.45, 7) is 3.48. The van der Waals surface area contributed by atoms with Gasteiger partial charge in [-0.05, 0) is 24.6 Å². The summed E-state index contributed by atoms with van der Waals surface area (Å²) in [5, 5.41) is 3.25. The maximum Gasteiger partial charge on any atom is 0.207 e. The number of halogens is 1. The van der Waals surface area contributed by atoms with Crippen molar-refractivity contribution in [2.75, 3.05) is 25.6 Å². The molecule has 1 N–H and O–H groups in total. The van der Waals surface area contributed by atoms with Gasteiger partial charge in [0.25, 0.3) is 0 Å². The minimum Gasteiger partial charge on any atom is -0.383 e. The van der Waals surface area contributed by atoms with Crippen molar-refractivity contribution in [3.8, 4) is 5.69 Å². The number of imidazole rings is 1. The molecule has 0 aliphatic heterocycles. The van der Waals surface area contributed by atoms with E-state index in [4.69, 9.17) is 4.74 Å². The van der Waals surface area contributed by atoms with Crippen LogP contribution in [0.3, 0.4) is 0 Å². The van der Waals surface area contributed by atoms with E-state index in [0.717, 1.165) is 22.7 Å². The minimum absolute atomic E-state index is 0.657. The zero-order valence-electron chi connectivity index (χ0n) is 10.5. The first-order valence-electron chi connectivity index (χ1n) is 5.75. The van der Waals surface area contributed by atoms with E-state index in [1.165, 1.54) is 5.56 Å². The van der Waals surface area contributed by atoms with Crippen molar-refractivity contribution in [2.45, 2.75) is 6.92 Å². The van der Waals surface area contributed by atoms with Crippen molar-refractivity contribution < 1.29 is 4.74 Å². The van der Waals surface area contributed by atoms with Crippen molar-refractivity contribution in [3.63, 3.8) is 0 Å². The Hall–Kier alpha value is -1.33. The van der Waals surface area contributed by atoms with E-state index in [1.807, 2.05) is 16.8 Å². The van der Waals surface area contributed by atoms with Crippen LogP contribution in [0.5, 0.6) is 0 Å². The van der Waals surface area contributed by atoms with Crippen LogP contribution in [-0.2, 0) is 4.74 Å². The number of nitrogens with zero attached hydrogens (tertiary/aromatic N) is 2. The first kappa shape index (κ1) is 13.1. The smallest absolute Gasteiger partial charge is 0.207 e. The van der Waals surface area contributed by atoms with E-state index >= 15 is 0 Å². The highest BCUT2D eigenvalue weighted by molar-refractivity contribution is 9.10. The van der Waals surface area contributed by atoms with Crippen molar-refractivity contribution in [1.82, 2.24) is 9.55 Å². The number of aromatic nitrogens is 2. The van der Waals surface area contributed by atoms with Gasteiger partial charge in [-0.3, -0.25) is 4.57 Å². The fraction of sp³-hybridized carbons (Fsp3) is 0.308. The van der Waals surface area contributed by atoms with E-state index in [9.17, 15) is 0 Å². The summed E-state index contributed by atoms with van der Waals surface area (Å²) in [6, 6.07) is 6.20. The summed E-state index contributed by atoms with van der Waals surface area (Å²) in [6.07, 6.45) is 3.74. The molecule has 1 aromatic carbocycles. The Kier molecular flexibility index (Phi) is 4.38. The first-order valence-corrected chi connectivity index (χ1v) is 6.54. The predicted octanol–water partition coefficient (Wildman–Crippen LogP) is 3.00. The molecule has 1 aromatic heterocycles. The Balaban J connectivity index is 2.27. The standard InChI is InChI=1S/C13H16BrN3O/c1-10-3-4-11(14)9-12(10)17-7-5-15-13(17)16-6-8-18-2/h3-5,7,9H,6,8H2,1-2H3,(H,15,16). The van der Waals surface area contributed by atoms with E-state index < -0.39 is 0 Å². The molecule has 96 valence electrons. The summed E-state index contributed by atoms with van der Waals surface area (Å²) in [4.78, 5) is 4.32. The molecule has 0 saturated carbocycles. The van der Waals surface area contributed by atoms with Crippen LogP contribution in [-0.4, -0.2) is 29.8 Å². The van der Waals surface area contributed by atoms with Crippen LogP contribution in [0.2, 0.25) is 0 Å². The predicted molar refractivity (Wildman–Crippen MR) is 76.4 cm³/mol. The lowest BCUT2D eigenvalue weighted by molar-refractivity contribution is 0.210. The third kappa shape index (κ3) is 2.91. The summed E-state index contributed by atoms with van der Waals surface area (Å²) in [5.41, 5.74) is 2.31. The SMILES string of the molecule is COCCNc1nccn1-c1cc(Br)ccc1C. The van der Waals surface area contributed by atoms with E-state index in [0.29, 0.717) is 6.61 Å². The molecular formula is C13H16BrN3O. The van der Waals surface area contributed by atoms with Crippen molar-refractivity contribution >= 4 is 21.9 Å². The van der Waals surface area contributed by atoms with Crippen LogP contribution < -0.4 is 5.32 Å². The van der Waals surface area contributed by atoms with Crippen molar-refractivity contribution in [2.24, 2.45) is 0 Å². The van der Waals surface area contributed by atoms with Gasteiger partial charge in [0.2, 0.25) is 5.95 Å². The summed E-state index contributed by atoms with van der Waals surface area (Å²) in [5.74, 6) is 0.827. The van der Waals surface area contributed by atoms with Gasteiger partial charge >= 0.3 is 0 Å². The third-order valence-electron chi connectivity index (χ3n) is 2.66. The van der Waals surface area contributed by atoms with Crippen LogP contribution in [0.4, 0.5) is 5.95 Å². The average molecular weight is 310 g/mol. The Labute approximate surface area is 115 Å². The molecule has 0 spiro atoms. The Bertz CT molecular complexity index is 525. The average Bonchev–Trinajstić information content (AvgIpc) is 2.81. The number of hydrogen-bond donors (Lipinski definition) is 1. The molecule has 0 unspecified atom stereocenters. The summed E-state index contributed by atoms with van der Waals surface area (Å²) in [7, 11) is 1.69. The van der Waals surface area contributed by atoms with Crippen molar-refractivity contribution in [3.05, 3.63) is 40.6 Å². The molecule has 0 aliphatic carbocycles. The summed E-state index contributed by atoms with van der Waals surface area (Å²) >= 11 is 3.50. The molecule has 0 fully saturated rings. The molecule has 0 aliphatic rings. The maximum atomic E-state index is 5.02. The molecule has 2 rings (SSSR count). The molecule has 0 radical (unpaired) electrons. The molecule has 4 nitrogen and oxygen atoms in total. The molecule has 0 atom stereocenters. The van der Waals surface area contributed by atoms with Crippen LogP contribution in [0.25, 0.3) is 5.69 Å². The number of aryl methyl sites for hydroxylation is 1. The van der Waals surface area contributed by atoms with Crippen LogP contribution in [0.15, 0.2) is 35.1 Å². The van der Waals surface area contributed by atoms with Gasteiger partial charge in [0.1, 0.15) is 0 Å². The monoisotopic (exact) mass is 309 g/mol. The van der Waals surface area contributed by atoms with Crippen LogP contribution in [0, 0.1) is 6.92 Å². The normalized spacial score (nSPS) is 10.6.